The first kappa shape index (κ1) is 15.9. The Bertz CT molecular complexity index is 388. The average Bonchev–Trinajstić information content (AvgIpc) is 2.40. The third-order valence-corrected chi connectivity index (χ3v) is 2.83. The highest BCUT2D eigenvalue weighted by molar-refractivity contribution is 5.23. The Morgan fingerprint density at radius 2 is 2.05 bits per heavy atom. The first-order valence-electron chi connectivity index (χ1n) is 6.52. The molecule has 3 nitrogen and oxygen atoms in total. The Balaban J connectivity index is 2.25. The summed E-state index contributed by atoms with van der Waals surface area (Å²) in [4.78, 5) is 0. The highest BCUT2D eigenvalue weighted by Gasteiger charge is 2.07. The summed E-state index contributed by atoms with van der Waals surface area (Å²) < 4.78 is 31.0. The van der Waals surface area contributed by atoms with E-state index in [1.54, 1.807) is 0 Å². The van der Waals surface area contributed by atoms with Crippen molar-refractivity contribution in [3.63, 3.8) is 0 Å². The van der Waals surface area contributed by atoms with E-state index in [9.17, 15) is 13.9 Å². The third-order valence-electron chi connectivity index (χ3n) is 2.83. The molecule has 0 saturated carbocycles. The number of halogens is 2. The minimum absolute atomic E-state index is 0.0668. The van der Waals surface area contributed by atoms with Crippen LogP contribution in [0, 0.1) is 11.6 Å². The predicted molar refractivity (Wildman–Crippen MR) is 70.2 cm³/mol. The lowest BCUT2D eigenvalue weighted by Crippen LogP contribution is -2.33. The van der Waals surface area contributed by atoms with Crippen molar-refractivity contribution in [3.8, 4) is 5.75 Å². The molecule has 0 aliphatic rings. The molecule has 0 saturated heterocycles. The number of nitrogens with one attached hydrogen (secondary N) is 1. The smallest absolute Gasteiger partial charge is 0.162 e. The summed E-state index contributed by atoms with van der Waals surface area (Å²) in [6.07, 6.45) is 1.14. The first-order chi connectivity index (χ1) is 9.02. The zero-order valence-corrected chi connectivity index (χ0v) is 11.3. The Morgan fingerprint density at radius 1 is 1.32 bits per heavy atom. The second-order valence-corrected chi connectivity index (χ2v) is 4.59. The second kappa shape index (κ2) is 8.07. The lowest BCUT2D eigenvalue weighted by atomic mass is 10.2. The molecule has 2 N–H and O–H groups in total. The highest BCUT2D eigenvalue weighted by atomic mass is 19.2. The van der Waals surface area contributed by atoms with Gasteiger partial charge in [-0.05, 0) is 38.4 Å². The van der Waals surface area contributed by atoms with Gasteiger partial charge in [0.15, 0.2) is 11.6 Å². The van der Waals surface area contributed by atoms with Crippen LogP contribution in [0.2, 0.25) is 0 Å². The molecule has 19 heavy (non-hydrogen) atoms. The van der Waals surface area contributed by atoms with Gasteiger partial charge in [-0.3, -0.25) is 0 Å². The molecule has 2 unspecified atom stereocenters. The van der Waals surface area contributed by atoms with Crippen LogP contribution in [-0.2, 0) is 0 Å². The lowest BCUT2D eigenvalue weighted by molar-refractivity contribution is 0.157. The molecule has 0 aliphatic carbocycles. The number of benzene rings is 1. The molecular weight excluding hydrogens is 252 g/mol. The summed E-state index contributed by atoms with van der Waals surface area (Å²) in [7, 11) is 0. The molecule has 0 amide bonds. The molecule has 108 valence electrons. The topological polar surface area (TPSA) is 41.5 Å². The van der Waals surface area contributed by atoms with E-state index in [4.69, 9.17) is 4.74 Å². The van der Waals surface area contributed by atoms with E-state index in [0.29, 0.717) is 25.3 Å². The van der Waals surface area contributed by atoms with Crippen LogP contribution in [-0.4, -0.2) is 30.4 Å². The molecule has 1 aromatic rings. The summed E-state index contributed by atoms with van der Waals surface area (Å²) >= 11 is 0. The van der Waals surface area contributed by atoms with Crippen LogP contribution in [0.5, 0.6) is 5.75 Å². The van der Waals surface area contributed by atoms with Crippen LogP contribution in [0.25, 0.3) is 0 Å². The predicted octanol–water partition coefficient (Wildman–Crippen LogP) is 2.48. The van der Waals surface area contributed by atoms with Crippen LogP contribution in [0.15, 0.2) is 18.2 Å². The molecule has 0 aliphatic heterocycles. The normalized spacial score (nSPS) is 14.2. The lowest BCUT2D eigenvalue weighted by Gasteiger charge is -2.16. The van der Waals surface area contributed by atoms with Crippen molar-refractivity contribution < 1.29 is 18.6 Å². The number of rotatable bonds is 8. The minimum Gasteiger partial charge on any atom is -0.492 e. The van der Waals surface area contributed by atoms with E-state index >= 15 is 0 Å². The van der Waals surface area contributed by atoms with E-state index in [-0.39, 0.29) is 12.1 Å². The van der Waals surface area contributed by atoms with Crippen molar-refractivity contribution >= 4 is 0 Å². The maximum Gasteiger partial charge on any atom is 0.162 e. The molecule has 1 aromatic carbocycles. The van der Waals surface area contributed by atoms with E-state index in [2.05, 4.69) is 5.32 Å². The van der Waals surface area contributed by atoms with E-state index in [1.807, 2.05) is 13.8 Å². The Labute approximate surface area is 112 Å². The molecule has 0 radical (unpaired) electrons. The minimum atomic E-state index is -0.913. The van der Waals surface area contributed by atoms with E-state index < -0.39 is 11.6 Å². The Morgan fingerprint density at radius 3 is 2.68 bits per heavy atom. The summed E-state index contributed by atoms with van der Waals surface area (Å²) in [5, 5.41) is 12.6. The van der Waals surface area contributed by atoms with E-state index in [0.717, 1.165) is 18.6 Å². The first-order valence-corrected chi connectivity index (χ1v) is 6.52. The molecular formula is C14H21F2NO2. The van der Waals surface area contributed by atoms with Gasteiger partial charge in [-0.25, -0.2) is 8.78 Å². The number of aliphatic hydroxyl groups excluding tert-OH is 1. The van der Waals surface area contributed by atoms with Crippen LogP contribution >= 0.6 is 0 Å². The number of hydrogen-bond acceptors (Lipinski definition) is 3. The third kappa shape index (κ3) is 5.98. The largest absolute Gasteiger partial charge is 0.492 e. The monoisotopic (exact) mass is 273 g/mol. The number of ether oxygens (including phenoxy) is 1. The summed E-state index contributed by atoms with van der Waals surface area (Å²) in [5.41, 5.74) is 0. The van der Waals surface area contributed by atoms with Crippen molar-refractivity contribution in [1.82, 2.24) is 5.32 Å². The molecule has 0 fully saturated rings. The van der Waals surface area contributed by atoms with Crippen LogP contribution in [0.3, 0.4) is 0 Å². The van der Waals surface area contributed by atoms with Gasteiger partial charge < -0.3 is 15.2 Å². The summed E-state index contributed by atoms with van der Waals surface area (Å²) in [6, 6.07) is 3.53. The fourth-order valence-electron chi connectivity index (χ4n) is 1.55. The Hall–Kier alpha value is -1.20. The average molecular weight is 273 g/mol. The van der Waals surface area contributed by atoms with Gasteiger partial charge in [-0.15, -0.1) is 0 Å². The molecule has 0 heterocycles. The standard InChI is InChI=1S/C14H21F2NO2/c1-3-11(18)6-7-17-10(2)9-19-12-4-5-13(15)14(16)8-12/h4-5,8,10-11,17-18H,3,6-7,9H2,1-2H3. The molecule has 0 bridgehead atoms. The van der Waals surface area contributed by atoms with Crippen molar-refractivity contribution in [2.75, 3.05) is 13.2 Å². The zero-order valence-electron chi connectivity index (χ0n) is 11.3. The number of hydrogen-bond donors (Lipinski definition) is 2. The van der Waals surface area contributed by atoms with Gasteiger partial charge >= 0.3 is 0 Å². The van der Waals surface area contributed by atoms with Gasteiger partial charge in [0.25, 0.3) is 0 Å². The van der Waals surface area contributed by atoms with Crippen molar-refractivity contribution in [2.45, 2.75) is 38.8 Å². The summed E-state index contributed by atoms with van der Waals surface area (Å²) in [6.45, 7) is 4.91. The number of aliphatic hydroxyl groups is 1. The van der Waals surface area contributed by atoms with Gasteiger partial charge in [-0.1, -0.05) is 6.92 Å². The molecule has 2 atom stereocenters. The molecule has 0 spiro atoms. The molecule has 5 heteroatoms. The fraction of sp³-hybridized carbons (Fsp3) is 0.571. The van der Waals surface area contributed by atoms with Crippen molar-refractivity contribution in [3.05, 3.63) is 29.8 Å². The van der Waals surface area contributed by atoms with Gasteiger partial charge in [0, 0.05) is 12.1 Å². The highest BCUT2D eigenvalue weighted by Crippen LogP contribution is 2.15. The Kier molecular flexibility index (Phi) is 6.73. The zero-order chi connectivity index (χ0) is 14.3. The maximum atomic E-state index is 12.9. The van der Waals surface area contributed by atoms with Gasteiger partial charge in [0.05, 0.1) is 6.10 Å². The summed E-state index contributed by atoms with van der Waals surface area (Å²) in [5.74, 6) is -1.49. The quantitative estimate of drug-likeness (QED) is 0.764. The van der Waals surface area contributed by atoms with Crippen LogP contribution in [0.4, 0.5) is 8.78 Å². The van der Waals surface area contributed by atoms with E-state index in [1.165, 1.54) is 6.07 Å². The van der Waals surface area contributed by atoms with Crippen LogP contribution in [0.1, 0.15) is 26.7 Å². The maximum absolute atomic E-state index is 12.9. The second-order valence-electron chi connectivity index (χ2n) is 4.59. The van der Waals surface area contributed by atoms with Crippen LogP contribution < -0.4 is 10.1 Å². The van der Waals surface area contributed by atoms with Gasteiger partial charge in [0.2, 0.25) is 0 Å². The molecule has 0 aromatic heterocycles. The van der Waals surface area contributed by atoms with Crippen molar-refractivity contribution in [1.29, 1.82) is 0 Å². The van der Waals surface area contributed by atoms with Gasteiger partial charge in [-0.2, -0.15) is 0 Å². The SMILES string of the molecule is CCC(O)CCNC(C)COc1ccc(F)c(F)c1. The molecule has 1 rings (SSSR count). The van der Waals surface area contributed by atoms with Gasteiger partial charge in [0.1, 0.15) is 12.4 Å². The van der Waals surface area contributed by atoms with Crippen molar-refractivity contribution in [2.24, 2.45) is 0 Å². The fourth-order valence-corrected chi connectivity index (χ4v) is 1.55.